The molecule has 5 nitrogen and oxygen atoms in total. The Morgan fingerprint density at radius 1 is 1.16 bits per heavy atom. The predicted molar refractivity (Wildman–Crippen MR) is 74.6 cm³/mol. The van der Waals surface area contributed by atoms with Crippen LogP contribution in [0.4, 0.5) is 11.5 Å². The van der Waals surface area contributed by atoms with Gasteiger partial charge in [0.15, 0.2) is 9.84 Å². The second kappa shape index (κ2) is 5.14. The Kier molecular flexibility index (Phi) is 3.73. The number of halogens is 1. The number of hydrogen-bond acceptors (Lipinski definition) is 5. The SMILES string of the molecule is Cc1c(Cl)ncnc1Nc1ccc(S(C)(=O)=O)cc1. The molecule has 0 saturated heterocycles. The summed E-state index contributed by atoms with van der Waals surface area (Å²) in [6.45, 7) is 1.80. The van der Waals surface area contributed by atoms with Crippen LogP contribution in [0, 0.1) is 6.92 Å². The van der Waals surface area contributed by atoms with E-state index in [4.69, 9.17) is 11.6 Å². The molecule has 0 aliphatic heterocycles. The molecular weight excluding hydrogens is 286 g/mol. The highest BCUT2D eigenvalue weighted by atomic mass is 35.5. The van der Waals surface area contributed by atoms with Gasteiger partial charge in [0.2, 0.25) is 0 Å². The van der Waals surface area contributed by atoms with Crippen molar-refractivity contribution in [3.8, 4) is 0 Å². The van der Waals surface area contributed by atoms with E-state index in [1.165, 1.54) is 24.7 Å². The van der Waals surface area contributed by atoms with Crippen LogP contribution in [0.25, 0.3) is 0 Å². The van der Waals surface area contributed by atoms with Crippen LogP contribution in [-0.4, -0.2) is 24.6 Å². The van der Waals surface area contributed by atoms with Gasteiger partial charge in [-0.2, -0.15) is 0 Å². The lowest BCUT2D eigenvalue weighted by molar-refractivity contribution is 0.602. The summed E-state index contributed by atoms with van der Waals surface area (Å²) in [7, 11) is -3.18. The molecule has 2 rings (SSSR count). The smallest absolute Gasteiger partial charge is 0.175 e. The molecule has 0 unspecified atom stereocenters. The molecule has 0 amide bonds. The summed E-state index contributed by atoms with van der Waals surface area (Å²) in [5.41, 5.74) is 1.46. The minimum Gasteiger partial charge on any atom is -0.340 e. The van der Waals surface area contributed by atoms with Gasteiger partial charge >= 0.3 is 0 Å². The molecule has 100 valence electrons. The van der Waals surface area contributed by atoms with Crippen LogP contribution >= 0.6 is 11.6 Å². The van der Waals surface area contributed by atoms with Crippen LogP contribution in [0.5, 0.6) is 0 Å². The Morgan fingerprint density at radius 2 is 1.79 bits per heavy atom. The van der Waals surface area contributed by atoms with Crippen molar-refractivity contribution in [3.05, 3.63) is 41.3 Å². The molecule has 0 aliphatic rings. The highest BCUT2D eigenvalue weighted by molar-refractivity contribution is 7.90. The van der Waals surface area contributed by atoms with Crippen LogP contribution in [0.3, 0.4) is 0 Å². The van der Waals surface area contributed by atoms with Crippen LogP contribution in [0.2, 0.25) is 5.15 Å². The summed E-state index contributed by atoms with van der Waals surface area (Å²) < 4.78 is 22.7. The van der Waals surface area contributed by atoms with Crippen molar-refractivity contribution in [1.82, 2.24) is 9.97 Å². The fourth-order valence-electron chi connectivity index (χ4n) is 1.48. The second-order valence-electron chi connectivity index (χ2n) is 4.06. The monoisotopic (exact) mass is 297 g/mol. The van der Waals surface area contributed by atoms with Gasteiger partial charge in [0, 0.05) is 17.5 Å². The van der Waals surface area contributed by atoms with Crippen molar-refractivity contribution in [3.63, 3.8) is 0 Å². The average Bonchev–Trinajstić information content (AvgIpc) is 2.35. The van der Waals surface area contributed by atoms with Crippen molar-refractivity contribution >= 4 is 32.9 Å². The maximum Gasteiger partial charge on any atom is 0.175 e. The zero-order chi connectivity index (χ0) is 14.0. The highest BCUT2D eigenvalue weighted by Crippen LogP contribution is 2.22. The molecule has 0 fully saturated rings. The largest absolute Gasteiger partial charge is 0.340 e. The summed E-state index contributed by atoms with van der Waals surface area (Å²) in [5.74, 6) is 0.590. The number of benzene rings is 1. The van der Waals surface area contributed by atoms with Gasteiger partial charge in [-0.1, -0.05) is 11.6 Å². The van der Waals surface area contributed by atoms with E-state index >= 15 is 0 Å². The lowest BCUT2D eigenvalue weighted by atomic mass is 10.3. The van der Waals surface area contributed by atoms with Crippen molar-refractivity contribution < 1.29 is 8.42 Å². The van der Waals surface area contributed by atoms with Gasteiger partial charge in [0.25, 0.3) is 0 Å². The first kappa shape index (κ1) is 13.8. The maximum atomic E-state index is 11.3. The van der Waals surface area contributed by atoms with Crippen LogP contribution in [-0.2, 0) is 9.84 Å². The van der Waals surface area contributed by atoms with Crippen LogP contribution in [0.1, 0.15) is 5.56 Å². The van der Waals surface area contributed by atoms with Crippen LogP contribution < -0.4 is 5.32 Å². The van der Waals surface area contributed by atoms with Gasteiger partial charge in [-0.15, -0.1) is 0 Å². The normalized spacial score (nSPS) is 11.3. The van der Waals surface area contributed by atoms with Crippen molar-refractivity contribution in [2.75, 3.05) is 11.6 Å². The maximum absolute atomic E-state index is 11.3. The predicted octanol–water partition coefficient (Wildman–Crippen LogP) is 2.59. The molecule has 0 saturated carbocycles. The Hall–Kier alpha value is -1.66. The summed E-state index contributed by atoms with van der Waals surface area (Å²) in [6.07, 6.45) is 2.53. The number of rotatable bonds is 3. The third-order valence-corrected chi connectivity index (χ3v) is 4.08. The van der Waals surface area contributed by atoms with E-state index < -0.39 is 9.84 Å². The summed E-state index contributed by atoms with van der Waals surface area (Å²) in [4.78, 5) is 8.22. The Balaban J connectivity index is 2.27. The lowest BCUT2D eigenvalue weighted by Gasteiger charge is -2.09. The number of sulfone groups is 1. The second-order valence-corrected chi connectivity index (χ2v) is 6.43. The van der Waals surface area contributed by atoms with Crippen molar-refractivity contribution in [1.29, 1.82) is 0 Å². The molecule has 0 radical (unpaired) electrons. The molecule has 1 aromatic heterocycles. The number of hydrogen-bond donors (Lipinski definition) is 1. The first-order valence-electron chi connectivity index (χ1n) is 5.42. The molecule has 0 atom stereocenters. The van der Waals surface area contributed by atoms with E-state index in [0.29, 0.717) is 11.0 Å². The Morgan fingerprint density at radius 3 is 2.37 bits per heavy atom. The fourth-order valence-corrected chi connectivity index (χ4v) is 2.24. The van der Waals surface area contributed by atoms with Crippen molar-refractivity contribution in [2.45, 2.75) is 11.8 Å². The van der Waals surface area contributed by atoms with E-state index in [2.05, 4.69) is 15.3 Å². The van der Waals surface area contributed by atoms with E-state index in [1.807, 2.05) is 0 Å². The average molecular weight is 298 g/mol. The van der Waals surface area contributed by atoms with Gasteiger partial charge in [-0.25, -0.2) is 18.4 Å². The zero-order valence-electron chi connectivity index (χ0n) is 10.4. The Labute approximate surface area is 116 Å². The first-order valence-corrected chi connectivity index (χ1v) is 7.69. The number of aromatic nitrogens is 2. The molecular formula is C12H12ClN3O2S. The van der Waals surface area contributed by atoms with E-state index in [9.17, 15) is 8.42 Å². The summed E-state index contributed by atoms with van der Waals surface area (Å²) >= 11 is 5.89. The minimum atomic E-state index is -3.18. The first-order chi connectivity index (χ1) is 8.88. The molecule has 0 aliphatic carbocycles. The molecule has 0 spiro atoms. The molecule has 7 heteroatoms. The lowest BCUT2D eigenvalue weighted by Crippen LogP contribution is -2.00. The van der Waals surface area contributed by atoms with E-state index in [0.717, 1.165) is 11.3 Å². The highest BCUT2D eigenvalue weighted by Gasteiger charge is 2.08. The van der Waals surface area contributed by atoms with Crippen LogP contribution in [0.15, 0.2) is 35.5 Å². The minimum absolute atomic E-state index is 0.274. The van der Waals surface area contributed by atoms with Gasteiger partial charge in [-0.3, -0.25) is 0 Å². The summed E-state index contributed by atoms with van der Waals surface area (Å²) in [5, 5.41) is 3.44. The Bertz CT molecular complexity index is 699. The van der Waals surface area contributed by atoms with E-state index in [1.54, 1.807) is 19.1 Å². The molecule has 1 heterocycles. The van der Waals surface area contributed by atoms with E-state index in [-0.39, 0.29) is 4.90 Å². The zero-order valence-corrected chi connectivity index (χ0v) is 12.0. The molecule has 1 aromatic carbocycles. The van der Waals surface area contributed by atoms with Gasteiger partial charge in [0.05, 0.1) is 4.90 Å². The van der Waals surface area contributed by atoms with Gasteiger partial charge < -0.3 is 5.32 Å². The third-order valence-electron chi connectivity index (χ3n) is 2.57. The number of nitrogens with zero attached hydrogens (tertiary/aromatic N) is 2. The number of anilines is 2. The molecule has 19 heavy (non-hydrogen) atoms. The molecule has 0 bridgehead atoms. The molecule has 2 aromatic rings. The van der Waals surface area contributed by atoms with Gasteiger partial charge in [-0.05, 0) is 31.2 Å². The van der Waals surface area contributed by atoms with Crippen molar-refractivity contribution in [2.24, 2.45) is 0 Å². The fraction of sp³-hybridized carbons (Fsp3) is 0.167. The molecule has 1 N–H and O–H groups in total. The topological polar surface area (TPSA) is 72.0 Å². The van der Waals surface area contributed by atoms with Gasteiger partial charge in [0.1, 0.15) is 17.3 Å². The third kappa shape index (κ3) is 3.21. The number of nitrogens with one attached hydrogen (secondary N) is 1. The quantitative estimate of drug-likeness (QED) is 0.882. The summed E-state index contributed by atoms with van der Waals surface area (Å²) in [6, 6.07) is 6.42. The standard InChI is InChI=1S/C12H12ClN3O2S/c1-8-11(13)14-7-15-12(8)16-9-3-5-10(6-4-9)19(2,17)18/h3-7H,1-2H3,(H,14,15,16).